The normalized spacial score (nSPS) is 26.8. The Bertz CT molecular complexity index is 419. The zero-order valence-electron chi connectivity index (χ0n) is 9.19. The van der Waals surface area contributed by atoms with E-state index < -0.39 is 0 Å². The van der Waals surface area contributed by atoms with Crippen molar-refractivity contribution < 1.29 is 14.6 Å². The van der Waals surface area contributed by atoms with Crippen LogP contribution in [0.5, 0.6) is 17.2 Å². The van der Waals surface area contributed by atoms with E-state index in [1.165, 1.54) is 0 Å². The van der Waals surface area contributed by atoms with E-state index in [1.54, 1.807) is 19.2 Å². The van der Waals surface area contributed by atoms with Crippen LogP contribution in [0.25, 0.3) is 0 Å². The van der Waals surface area contributed by atoms with Crippen molar-refractivity contribution in [2.75, 3.05) is 26.8 Å². The van der Waals surface area contributed by atoms with E-state index >= 15 is 0 Å². The number of ether oxygens (including phenoxy) is 2. The monoisotopic (exact) mass is 221 g/mol. The first-order valence-electron chi connectivity index (χ1n) is 5.54. The van der Waals surface area contributed by atoms with Crippen molar-refractivity contribution in [3.05, 3.63) is 17.7 Å². The highest BCUT2D eigenvalue weighted by molar-refractivity contribution is 5.56. The molecule has 4 nitrogen and oxygen atoms in total. The number of hydrogen-bond donors (Lipinski definition) is 2. The molecule has 0 radical (unpaired) electrons. The lowest BCUT2D eigenvalue weighted by atomic mass is 9.86. The number of nitrogens with one attached hydrogen (secondary N) is 1. The number of methoxy groups -OCH3 is 1. The van der Waals surface area contributed by atoms with Crippen LogP contribution in [0.3, 0.4) is 0 Å². The summed E-state index contributed by atoms with van der Waals surface area (Å²) in [5.74, 6) is 2.51. The lowest BCUT2D eigenvalue weighted by Crippen LogP contribution is -2.25. The Morgan fingerprint density at radius 2 is 2.31 bits per heavy atom. The van der Waals surface area contributed by atoms with Crippen LogP contribution >= 0.6 is 0 Å². The van der Waals surface area contributed by atoms with Gasteiger partial charge < -0.3 is 19.9 Å². The van der Waals surface area contributed by atoms with E-state index in [1.807, 2.05) is 0 Å². The first-order chi connectivity index (χ1) is 7.81. The van der Waals surface area contributed by atoms with Gasteiger partial charge in [-0.15, -0.1) is 0 Å². The van der Waals surface area contributed by atoms with Crippen LogP contribution in [0.1, 0.15) is 11.5 Å². The van der Waals surface area contributed by atoms with Crippen molar-refractivity contribution in [1.82, 2.24) is 5.32 Å². The maximum atomic E-state index is 9.80. The van der Waals surface area contributed by atoms with E-state index in [-0.39, 0.29) is 5.75 Å². The van der Waals surface area contributed by atoms with Crippen molar-refractivity contribution in [2.24, 2.45) is 5.92 Å². The molecule has 2 aliphatic heterocycles. The third-order valence-corrected chi connectivity index (χ3v) is 3.51. The Morgan fingerprint density at radius 3 is 3.12 bits per heavy atom. The topological polar surface area (TPSA) is 50.7 Å². The molecule has 2 aliphatic rings. The summed E-state index contributed by atoms with van der Waals surface area (Å²) in [6, 6.07) is 3.43. The molecule has 0 spiro atoms. The molecule has 0 aliphatic carbocycles. The predicted molar refractivity (Wildman–Crippen MR) is 59.3 cm³/mol. The first kappa shape index (κ1) is 9.78. The molecule has 4 heteroatoms. The van der Waals surface area contributed by atoms with Gasteiger partial charge in [0.05, 0.1) is 13.7 Å². The Balaban J connectivity index is 2.15. The minimum absolute atomic E-state index is 0.209. The van der Waals surface area contributed by atoms with E-state index in [9.17, 15) is 5.11 Å². The van der Waals surface area contributed by atoms with Gasteiger partial charge in [0.25, 0.3) is 0 Å². The van der Waals surface area contributed by atoms with Crippen molar-refractivity contribution in [1.29, 1.82) is 0 Å². The number of benzene rings is 1. The molecule has 1 fully saturated rings. The summed E-state index contributed by atoms with van der Waals surface area (Å²) in [4.78, 5) is 0. The van der Waals surface area contributed by atoms with Crippen LogP contribution in [-0.2, 0) is 0 Å². The molecule has 3 rings (SSSR count). The molecular formula is C12H15NO3. The highest BCUT2D eigenvalue weighted by atomic mass is 16.5. The standard InChI is InChI=1S/C12H15NO3/c1-15-10-3-2-9(14)12-11(10)8-5-13-4-7(8)6-16-12/h2-3,7-8,13-14H,4-6H2,1H3. The number of phenolic OH excluding ortho intramolecular Hbond substituents is 1. The molecule has 1 saturated heterocycles. The number of aromatic hydroxyl groups is 1. The number of phenols is 1. The van der Waals surface area contributed by atoms with Gasteiger partial charge in [0.1, 0.15) is 5.75 Å². The van der Waals surface area contributed by atoms with Gasteiger partial charge in [-0.1, -0.05) is 0 Å². The molecule has 2 heterocycles. The quantitative estimate of drug-likeness (QED) is 0.745. The fourth-order valence-corrected chi connectivity index (χ4v) is 2.69. The number of hydrogen-bond acceptors (Lipinski definition) is 4. The molecule has 2 atom stereocenters. The molecule has 2 N–H and O–H groups in total. The summed E-state index contributed by atoms with van der Waals surface area (Å²) in [6.45, 7) is 2.58. The average Bonchev–Trinajstić information content (AvgIpc) is 2.77. The van der Waals surface area contributed by atoms with Gasteiger partial charge in [-0.05, 0) is 12.1 Å². The third-order valence-electron chi connectivity index (χ3n) is 3.51. The van der Waals surface area contributed by atoms with E-state index in [0.29, 0.717) is 24.2 Å². The molecule has 16 heavy (non-hydrogen) atoms. The lowest BCUT2D eigenvalue weighted by Gasteiger charge is -2.29. The number of rotatable bonds is 1. The van der Waals surface area contributed by atoms with Gasteiger partial charge >= 0.3 is 0 Å². The second-order valence-electron chi connectivity index (χ2n) is 4.37. The number of fused-ring (bicyclic) bond motifs is 3. The van der Waals surface area contributed by atoms with Crippen LogP contribution in [-0.4, -0.2) is 31.9 Å². The van der Waals surface area contributed by atoms with E-state index in [4.69, 9.17) is 9.47 Å². The maximum Gasteiger partial charge on any atom is 0.168 e. The highest BCUT2D eigenvalue weighted by Crippen LogP contribution is 2.48. The van der Waals surface area contributed by atoms with Crippen LogP contribution in [0.4, 0.5) is 0 Å². The van der Waals surface area contributed by atoms with Gasteiger partial charge in [-0.3, -0.25) is 0 Å². The summed E-state index contributed by atoms with van der Waals surface area (Å²) < 4.78 is 11.0. The first-order valence-corrected chi connectivity index (χ1v) is 5.54. The van der Waals surface area contributed by atoms with Crippen molar-refractivity contribution in [3.8, 4) is 17.2 Å². The Hall–Kier alpha value is -1.42. The molecule has 1 aromatic rings. The van der Waals surface area contributed by atoms with Crippen molar-refractivity contribution in [3.63, 3.8) is 0 Å². The van der Waals surface area contributed by atoms with Crippen LogP contribution in [0.15, 0.2) is 12.1 Å². The van der Waals surface area contributed by atoms with Crippen LogP contribution < -0.4 is 14.8 Å². The van der Waals surface area contributed by atoms with E-state index in [2.05, 4.69) is 5.32 Å². The van der Waals surface area contributed by atoms with Crippen molar-refractivity contribution in [2.45, 2.75) is 5.92 Å². The summed E-state index contributed by atoms with van der Waals surface area (Å²) in [7, 11) is 1.65. The summed E-state index contributed by atoms with van der Waals surface area (Å²) in [5.41, 5.74) is 1.02. The largest absolute Gasteiger partial charge is 0.504 e. The second-order valence-corrected chi connectivity index (χ2v) is 4.37. The van der Waals surface area contributed by atoms with Gasteiger partial charge in [-0.2, -0.15) is 0 Å². The SMILES string of the molecule is COc1ccc(O)c2c1C1CNCC1CO2. The molecule has 0 bridgehead atoms. The smallest absolute Gasteiger partial charge is 0.168 e. The highest BCUT2D eigenvalue weighted by Gasteiger charge is 2.38. The summed E-state index contributed by atoms with van der Waals surface area (Å²) in [5, 5.41) is 13.2. The Kier molecular flexibility index (Phi) is 2.17. The zero-order chi connectivity index (χ0) is 11.1. The lowest BCUT2D eigenvalue weighted by molar-refractivity contribution is 0.206. The fourth-order valence-electron chi connectivity index (χ4n) is 2.69. The second kappa shape index (κ2) is 3.56. The van der Waals surface area contributed by atoms with Crippen LogP contribution in [0.2, 0.25) is 0 Å². The molecule has 0 amide bonds. The minimum atomic E-state index is 0.209. The van der Waals surface area contributed by atoms with Gasteiger partial charge in [0.15, 0.2) is 11.5 Å². The summed E-state index contributed by atoms with van der Waals surface area (Å²) >= 11 is 0. The molecule has 0 saturated carbocycles. The average molecular weight is 221 g/mol. The summed E-state index contributed by atoms with van der Waals surface area (Å²) in [6.07, 6.45) is 0. The molecular weight excluding hydrogens is 206 g/mol. The Labute approximate surface area is 94.2 Å². The zero-order valence-corrected chi connectivity index (χ0v) is 9.19. The fraction of sp³-hybridized carbons (Fsp3) is 0.500. The minimum Gasteiger partial charge on any atom is -0.504 e. The van der Waals surface area contributed by atoms with Crippen molar-refractivity contribution >= 4 is 0 Å². The molecule has 86 valence electrons. The predicted octanol–water partition coefficient (Wildman–Crippen LogP) is 1.10. The molecule has 2 unspecified atom stereocenters. The van der Waals surface area contributed by atoms with E-state index in [0.717, 1.165) is 24.4 Å². The molecule has 0 aromatic heterocycles. The Morgan fingerprint density at radius 1 is 1.44 bits per heavy atom. The van der Waals surface area contributed by atoms with Crippen LogP contribution in [0, 0.1) is 5.92 Å². The maximum absolute atomic E-state index is 9.80. The van der Waals surface area contributed by atoms with Gasteiger partial charge in [-0.25, -0.2) is 0 Å². The van der Waals surface area contributed by atoms with Gasteiger partial charge in [0, 0.05) is 30.5 Å². The van der Waals surface area contributed by atoms with Gasteiger partial charge in [0.2, 0.25) is 0 Å². The third kappa shape index (κ3) is 1.26. The molecule has 1 aromatic carbocycles.